The van der Waals surface area contributed by atoms with Gasteiger partial charge in [-0.15, -0.1) is 0 Å². The normalized spacial score (nSPS) is 10.0. The van der Waals surface area contributed by atoms with Crippen molar-refractivity contribution in [2.75, 3.05) is 24.3 Å². The van der Waals surface area contributed by atoms with Gasteiger partial charge in [-0.05, 0) is 42.5 Å². The average molecular weight is 334 g/mol. The molecule has 120 valence electrons. The minimum atomic E-state index is -0.357. The van der Waals surface area contributed by atoms with E-state index in [4.69, 9.17) is 22.1 Å². The van der Waals surface area contributed by atoms with Crippen molar-refractivity contribution in [3.63, 3.8) is 0 Å². The van der Waals surface area contributed by atoms with Gasteiger partial charge in [0.05, 0.1) is 19.3 Å². The Hall–Kier alpha value is -2.57. The Kier molecular flexibility index (Phi) is 5.56. The van der Waals surface area contributed by atoms with Gasteiger partial charge >= 0.3 is 0 Å². The molecule has 0 unspecified atom stereocenters. The summed E-state index contributed by atoms with van der Waals surface area (Å²) in [5, 5.41) is 5.91. The van der Waals surface area contributed by atoms with Crippen LogP contribution in [0.3, 0.4) is 0 Å². The van der Waals surface area contributed by atoms with Crippen LogP contribution in [0.1, 0.15) is 10.4 Å². The SMILES string of the molecule is COc1ccc(NC(=O)c2ccc(Cl)cc2)cc1NC(=O)CN. The van der Waals surface area contributed by atoms with Gasteiger partial charge in [-0.25, -0.2) is 0 Å². The number of rotatable bonds is 5. The average Bonchev–Trinajstić information content (AvgIpc) is 2.55. The highest BCUT2D eigenvalue weighted by Crippen LogP contribution is 2.28. The predicted octanol–water partition coefficient (Wildman–Crippen LogP) is 2.50. The van der Waals surface area contributed by atoms with Crippen molar-refractivity contribution in [1.82, 2.24) is 0 Å². The molecule has 2 aromatic rings. The quantitative estimate of drug-likeness (QED) is 0.783. The maximum atomic E-state index is 12.2. The zero-order valence-electron chi connectivity index (χ0n) is 12.4. The van der Waals surface area contributed by atoms with Crippen molar-refractivity contribution in [3.8, 4) is 5.75 Å². The van der Waals surface area contributed by atoms with Gasteiger partial charge in [0.25, 0.3) is 5.91 Å². The van der Waals surface area contributed by atoms with Gasteiger partial charge in [0.15, 0.2) is 0 Å². The first kappa shape index (κ1) is 16.8. The van der Waals surface area contributed by atoms with Gasteiger partial charge < -0.3 is 21.1 Å². The topological polar surface area (TPSA) is 93.5 Å². The highest BCUT2D eigenvalue weighted by Gasteiger charge is 2.10. The fraction of sp³-hybridized carbons (Fsp3) is 0.125. The van der Waals surface area contributed by atoms with Crippen molar-refractivity contribution in [3.05, 3.63) is 53.1 Å². The summed E-state index contributed by atoms with van der Waals surface area (Å²) < 4.78 is 5.17. The first-order valence-electron chi connectivity index (χ1n) is 6.78. The third-order valence-corrected chi connectivity index (χ3v) is 3.28. The molecular weight excluding hydrogens is 318 g/mol. The maximum absolute atomic E-state index is 12.2. The molecule has 0 atom stereocenters. The Balaban J connectivity index is 2.19. The first-order chi connectivity index (χ1) is 11.0. The summed E-state index contributed by atoms with van der Waals surface area (Å²) in [6.45, 7) is -0.148. The van der Waals surface area contributed by atoms with Crippen molar-refractivity contribution < 1.29 is 14.3 Å². The number of benzene rings is 2. The predicted molar refractivity (Wildman–Crippen MR) is 90.1 cm³/mol. The highest BCUT2D eigenvalue weighted by atomic mass is 35.5. The number of nitrogens with one attached hydrogen (secondary N) is 2. The lowest BCUT2D eigenvalue weighted by atomic mass is 10.2. The Morgan fingerprint density at radius 2 is 1.83 bits per heavy atom. The number of carbonyl (C=O) groups is 2. The minimum Gasteiger partial charge on any atom is -0.495 e. The fourth-order valence-corrected chi connectivity index (χ4v) is 2.02. The Bertz CT molecular complexity index is 717. The number of carbonyl (C=O) groups excluding carboxylic acids is 2. The molecule has 6 nitrogen and oxygen atoms in total. The van der Waals surface area contributed by atoms with E-state index in [1.165, 1.54) is 7.11 Å². The van der Waals surface area contributed by atoms with Crippen molar-refractivity contribution in [2.24, 2.45) is 5.73 Å². The van der Waals surface area contributed by atoms with Crippen LogP contribution in [-0.2, 0) is 4.79 Å². The molecule has 2 rings (SSSR count). The van der Waals surface area contributed by atoms with Gasteiger partial charge in [0.2, 0.25) is 5.91 Å². The second kappa shape index (κ2) is 7.62. The lowest BCUT2D eigenvalue weighted by Gasteiger charge is -2.12. The number of hydrogen-bond donors (Lipinski definition) is 3. The van der Waals surface area contributed by atoms with Crippen LogP contribution in [0.2, 0.25) is 5.02 Å². The number of amides is 2. The van der Waals surface area contributed by atoms with E-state index >= 15 is 0 Å². The van der Waals surface area contributed by atoms with Crippen molar-refractivity contribution in [1.29, 1.82) is 0 Å². The van der Waals surface area contributed by atoms with E-state index in [2.05, 4.69) is 10.6 Å². The van der Waals surface area contributed by atoms with Crippen LogP contribution in [0.5, 0.6) is 5.75 Å². The zero-order valence-corrected chi connectivity index (χ0v) is 13.2. The molecule has 4 N–H and O–H groups in total. The van der Waals surface area contributed by atoms with Crippen LogP contribution in [0.15, 0.2) is 42.5 Å². The van der Waals surface area contributed by atoms with E-state index < -0.39 is 0 Å². The van der Waals surface area contributed by atoms with Gasteiger partial charge in [-0.3, -0.25) is 9.59 Å². The first-order valence-corrected chi connectivity index (χ1v) is 7.16. The summed E-state index contributed by atoms with van der Waals surface area (Å²) in [7, 11) is 1.49. The standard InChI is InChI=1S/C16H16ClN3O3/c1-23-14-7-6-12(8-13(14)20-15(21)9-18)19-16(22)10-2-4-11(17)5-3-10/h2-8H,9,18H2,1H3,(H,19,22)(H,20,21). The molecule has 0 aliphatic carbocycles. The summed E-state index contributed by atoms with van der Waals surface area (Å²) >= 11 is 5.80. The highest BCUT2D eigenvalue weighted by molar-refractivity contribution is 6.30. The molecular formula is C16H16ClN3O3. The van der Waals surface area contributed by atoms with Gasteiger partial charge in [0, 0.05) is 16.3 Å². The molecule has 0 fully saturated rings. The number of methoxy groups -OCH3 is 1. The van der Waals surface area contributed by atoms with Gasteiger partial charge in [-0.2, -0.15) is 0 Å². The molecule has 0 radical (unpaired) electrons. The zero-order chi connectivity index (χ0) is 16.8. The van der Waals surface area contributed by atoms with Crippen LogP contribution in [0.4, 0.5) is 11.4 Å². The van der Waals surface area contributed by atoms with Crippen LogP contribution >= 0.6 is 11.6 Å². The van der Waals surface area contributed by atoms with Crippen LogP contribution < -0.4 is 21.1 Å². The number of hydrogen-bond acceptors (Lipinski definition) is 4. The molecule has 23 heavy (non-hydrogen) atoms. The summed E-state index contributed by atoms with van der Waals surface area (Å²) in [6.07, 6.45) is 0. The summed E-state index contributed by atoms with van der Waals surface area (Å²) in [5.74, 6) is -0.177. The summed E-state index contributed by atoms with van der Waals surface area (Å²) in [6, 6.07) is 11.4. The fourth-order valence-electron chi connectivity index (χ4n) is 1.89. The van der Waals surface area contributed by atoms with Crippen molar-refractivity contribution >= 4 is 34.8 Å². The Labute approximate surface area is 138 Å². The lowest BCUT2D eigenvalue weighted by Crippen LogP contribution is -2.22. The monoisotopic (exact) mass is 333 g/mol. The molecule has 0 heterocycles. The van der Waals surface area contributed by atoms with Gasteiger partial charge in [0.1, 0.15) is 5.75 Å². The molecule has 2 amide bonds. The number of ether oxygens (including phenoxy) is 1. The van der Waals surface area contributed by atoms with E-state index in [0.29, 0.717) is 27.7 Å². The Morgan fingerprint density at radius 1 is 1.13 bits per heavy atom. The molecule has 0 aliphatic rings. The van der Waals surface area contributed by atoms with E-state index in [0.717, 1.165) is 0 Å². The number of nitrogens with two attached hydrogens (primary N) is 1. The molecule has 0 saturated carbocycles. The molecule has 2 aromatic carbocycles. The van der Waals surface area contributed by atoms with Gasteiger partial charge in [-0.1, -0.05) is 11.6 Å². The molecule has 7 heteroatoms. The third kappa shape index (κ3) is 4.45. The maximum Gasteiger partial charge on any atom is 0.255 e. The smallest absolute Gasteiger partial charge is 0.255 e. The summed E-state index contributed by atoms with van der Waals surface area (Å²) in [4.78, 5) is 23.6. The number of halogens is 1. The minimum absolute atomic E-state index is 0.148. The Morgan fingerprint density at radius 3 is 2.43 bits per heavy atom. The number of anilines is 2. The molecule has 0 bridgehead atoms. The van der Waals surface area contributed by atoms with Crippen LogP contribution in [-0.4, -0.2) is 25.5 Å². The summed E-state index contributed by atoms with van der Waals surface area (Å²) in [5.41, 5.74) is 6.69. The van der Waals surface area contributed by atoms with E-state index in [-0.39, 0.29) is 18.4 Å². The molecule has 0 spiro atoms. The van der Waals surface area contributed by atoms with Crippen LogP contribution in [0, 0.1) is 0 Å². The van der Waals surface area contributed by atoms with E-state index in [1.807, 2.05) is 0 Å². The largest absolute Gasteiger partial charge is 0.495 e. The van der Waals surface area contributed by atoms with E-state index in [1.54, 1.807) is 42.5 Å². The van der Waals surface area contributed by atoms with E-state index in [9.17, 15) is 9.59 Å². The molecule has 0 aliphatic heterocycles. The molecule has 0 saturated heterocycles. The van der Waals surface area contributed by atoms with Crippen molar-refractivity contribution in [2.45, 2.75) is 0 Å². The lowest BCUT2D eigenvalue weighted by molar-refractivity contribution is -0.114. The second-order valence-corrected chi connectivity index (χ2v) is 5.06. The second-order valence-electron chi connectivity index (χ2n) is 4.63. The third-order valence-electron chi connectivity index (χ3n) is 3.02. The molecule has 0 aromatic heterocycles. The van der Waals surface area contributed by atoms with Crippen LogP contribution in [0.25, 0.3) is 0 Å².